The largest absolute Gasteiger partial charge is 0.392 e. The molecule has 2 aliphatic heterocycles. The highest BCUT2D eigenvalue weighted by molar-refractivity contribution is 5.54. The first-order valence-corrected chi connectivity index (χ1v) is 7.33. The fourth-order valence-electron chi connectivity index (χ4n) is 3.36. The molecule has 0 bridgehead atoms. The van der Waals surface area contributed by atoms with Crippen molar-refractivity contribution in [3.05, 3.63) is 23.5 Å². The molecule has 1 aromatic heterocycles. The number of aryl methyl sites for hydroxylation is 1. The van der Waals surface area contributed by atoms with Crippen molar-refractivity contribution in [2.24, 2.45) is 0 Å². The summed E-state index contributed by atoms with van der Waals surface area (Å²) in [6.45, 7) is 6.81. The van der Waals surface area contributed by atoms with Crippen LogP contribution >= 0.6 is 0 Å². The second-order valence-corrected chi connectivity index (χ2v) is 5.74. The molecule has 0 saturated carbocycles. The third kappa shape index (κ3) is 2.60. The Hall–Kier alpha value is -1.13. The van der Waals surface area contributed by atoms with Gasteiger partial charge in [0.25, 0.3) is 0 Å². The summed E-state index contributed by atoms with van der Waals surface area (Å²) in [5, 5.41) is 9.47. The molecular weight excluding hydrogens is 238 g/mol. The quantitative estimate of drug-likeness (QED) is 0.896. The Morgan fingerprint density at radius 2 is 2.11 bits per heavy atom. The van der Waals surface area contributed by atoms with Crippen molar-refractivity contribution in [2.45, 2.75) is 38.8 Å². The van der Waals surface area contributed by atoms with Crippen molar-refractivity contribution in [3.63, 3.8) is 0 Å². The smallest absolute Gasteiger partial charge is 0.0717 e. The number of rotatable bonds is 3. The van der Waals surface area contributed by atoms with Crippen LogP contribution in [0, 0.1) is 6.92 Å². The number of nitrogens with zero attached hydrogens (tertiary/aromatic N) is 3. The molecule has 2 fully saturated rings. The van der Waals surface area contributed by atoms with Crippen molar-refractivity contribution >= 4 is 5.69 Å². The summed E-state index contributed by atoms with van der Waals surface area (Å²) in [6.07, 6.45) is 5.76. The van der Waals surface area contributed by atoms with Gasteiger partial charge in [0.1, 0.15) is 0 Å². The van der Waals surface area contributed by atoms with Gasteiger partial charge >= 0.3 is 0 Å². The van der Waals surface area contributed by atoms with Crippen molar-refractivity contribution in [2.75, 3.05) is 31.1 Å². The van der Waals surface area contributed by atoms with Crippen molar-refractivity contribution in [1.82, 2.24) is 9.88 Å². The van der Waals surface area contributed by atoms with Crippen LogP contribution in [0.5, 0.6) is 0 Å². The van der Waals surface area contributed by atoms with E-state index in [2.05, 4.69) is 20.9 Å². The van der Waals surface area contributed by atoms with Crippen LogP contribution in [0.25, 0.3) is 0 Å². The normalized spacial score (nSPS) is 24.3. The van der Waals surface area contributed by atoms with Gasteiger partial charge in [0, 0.05) is 42.3 Å². The molecule has 1 atom stereocenters. The predicted molar refractivity (Wildman–Crippen MR) is 76.3 cm³/mol. The van der Waals surface area contributed by atoms with Crippen molar-refractivity contribution in [3.8, 4) is 0 Å². The van der Waals surface area contributed by atoms with Crippen molar-refractivity contribution in [1.29, 1.82) is 0 Å². The molecule has 2 aliphatic rings. The maximum atomic E-state index is 9.47. The summed E-state index contributed by atoms with van der Waals surface area (Å²) in [4.78, 5) is 9.33. The van der Waals surface area contributed by atoms with Gasteiger partial charge in [-0.05, 0) is 45.3 Å². The molecule has 0 spiro atoms. The minimum atomic E-state index is 0.0769. The first-order chi connectivity index (χ1) is 9.28. The molecule has 0 radical (unpaired) electrons. The summed E-state index contributed by atoms with van der Waals surface area (Å²) in [5.74, 6) is 0. The second-order valence-electron chi connectivity index (χ2n) is 5.74. The molecule has 0 amide bonds. The summed E-state index contributed by atoms with van der Waals surface area (Å²) < 4.78 is 0. The lowest BCUT2D eigenvalue weighted by atomic mass is 10.2. The predicted octanol–water partition coefficient (Wildman–Crippen LogP) is 1.56. The Labute approximate surface area is 115 Å². The number of likely N-dealkylation sites (tertiary alicyclic amines) is 1. The van der Waals surface area contributed by atoms with E-state index >= 15 is 0 Å². The lowest BCUT2D eigenvalue weighted by Gasteiger charge is -2.25. The summed E-state index contributed by atoms with van der Waals surface area (Å²) in [5.41, 5.74) is 3.15. The fourth-order valence-corrected chi connectivity index (χ4v) is 3.36. The molecular formula is C15H23N3O. The lowest BCUT2D eigenvalue weighted by molar-refractivity contribution is 0.260. The van der Waals surface area contributed by atoms with Crippen LogP contribution in [0.1, 0.15) is 30.5 Å². The standard InChI is InChI=1S/C15H23N3O/c1-12-8-15(13(11-19)9-16-12)18-7-4-14(10-18)17-5-2-3-6-17/h8-9,14,19H,2-7,10-11H2,1H3. The molecule has 3 rings (SSSR count). The summed E-state index contributed by atoms with van der Waals surface area (Å²) in [6, 6.07) is 2.81. The molecule has 0 aromatic carbocycles. The number of aromatic nitrogens is 1. The van der Waals surface area contributed by atoms with E-state index in [1.54, 1.807) is 0 Å². The van der Waals surface area contributed by atoms with Crippen LogP contribution in [0.4, 0.5) is 5.69 Å². The monoisotopic (exact) mass is 261 g/mol. The van der Waals surface area contributed by atoms with Gasteiger partial charge in [-0.15, -0.1) is 0 Å². The van der Waals surface area contributed by atoms with E-state index < -0.39 is 0 Å². The van der Waals surface area contributed by atoms with Crippen LogP contribution in [-0.2, 0) is 6.61 Å². The number of aliphatic hydroxyl groups is 1. The van der Waals surface area contributed by atoms with E-state index in [9.17, 15) is 5.11 Å². The van der Waals surface area contributed by atoms with Crippen LogP contribution in [-0.4, -0.2) is 47.2 Å². The average Bonchev–Trinajstić information content (AvgIpc) is 3.09. The number of pyridine rings is 1. The van der Waals surface area contributed by atoms with Crippen LogP contribution < -0.4 is 4.90 Å². The average molecular weight is 261 g/mol. The third-order valence-corrected chi connectivity index (χ3v) is 4.43. The molecule has 2 saturated heterocycles. The van der Waals surface area contributed by atoms with Crippen molar-refractivity contribution < 1.29 is 5.11 Å². The zero-order valence-corrected chi connectivity index (χ0v) is 11.7. The number of aliphatic hydroxyl groups excluding tert-OH is 1. The SMILES string of the molecule is Cc1cc(N2CCC(N3CCCC3)C2)c(CO)cn1. The number of anilines is 1. The lowest BCUT2D eigenvalue weighted by Crippen LogP contribution is -2.35. The van der Waals surface area contributed by atoms with E-state index in [-0.39, 0.29) is 6.61 Å². The topological polar surface area (TPSA) is 39.6 Å². The Morgan fingerprint density at radius 1 is 1.32 bits per heavy atom. The van der Waals surface area contributed by atoms with Crippen LogP contribution in [0.3, 0.4) is 0 Å². The first-order valence-electron chi connectivity index (χ1n) is 7.33. The molecule has 1 unspecified atom stereocenters. The number of hydrogen-bond donors (Lipinski definition) is 1. The Kier molecular flexibility index (Phi) is 3.71. The van der Waals surface area contributed by atoms with Gasteiger partial charge in [0.2, 0.25) is 0 Å². The Morgan fingerprint density at radius 3 is 2.84 bits per heavy atom. The highest BCUT2D eigenvalue weighted by atomic mass is 16.3. The fraction of sp³-hybridized carbons (Fsp3) is 0.667. The Bertz CT molecular complexity index is 443. The summed E-state index contributed by atoms with van der Waals surface area (Å²) in [7, 11) is 0. The zero-order valence-electron chi connectivity index (χ0n) is 11.7. The van der Waals surface area contributed by atoms with Crippen LogP contribution in [0.2, 0.25) is 0 Å². The molecule has 3 heterocycles. The van der Waals surface area contributed by atoms with Gasteiger partial charge in [-0.25, -0.2) is 0 Å². The van der Waals surface area contributed by atoms with Gasteiger partial charge in [-0.3, -0.25) is 9.88 Å². The van der Waals surface area contributed by atoms with E-state index in [1.807, 2.05) is 13.1 Å². The molecule has 4 nitrogen and oxygen atoms in total. The summed E-state index contributed by atoms with van der Waals surface area (Å²) >= 11 is 0. The molecule has 4 heteroatoms. The second kappa shape index (κ2) is 5.47. The zero-order chi connectivity index (χ0) is 13.2. The first kappa shape index (κ1) is 12.9. The van der Waals surface area contributed by atoms with E-state index in [1.165, 1.54) is 38.0 Å². The van der Waals surface area contributed by atoms with Gasteiger partial charge < -0.3 is 10.0 Å². The van der Waals surface area contributed by atoms with Crippen LogP contribution in [0.15, 0.2) is 12.3 Å². The third-order valence-electron chi connectivity index (χ3n) is 4.43. The minimum absolute atomic E-state index is 0.0769. The molecule has 104 valence electrons. The van der Waals surface area contributed by atoms with E-state index in [4.69, 9.17) is 0 Å². The van der Waals surface area contributed by atoms with Gasteiger partial charge in [0.15, 0.2) is 0 Å². The van der Waals surface area contributed by atoms with Gasteiger partial charge in [0.05, 0.1) is 6.61 Å². The minimum Gasteiger partial charge on any atom is -0.392 e. The van der Waals surface area contributed by atoms with E-state index in [0.717, 1.165) is 24.3 Å². The van der Waals surface area contributed by atoms with E-state index in [0.29, 0.717) is 6.04 Å². The maximum absolute atomic E-state index is 9.47. The van der Waals surface area contributed by atoms with Gasteiger partial charge in [-0.1, -0.05) is 0 Å². The molecule has 19 heavy (non-hydrogen) atoms. The highest BCUT2D eigenvalue weighted by Gasteiger charge is 2.30. The molecule has 0 aliphatic carbocycles. The maximum Gasteiger partial charge on any atom is 0.0717 e. The highest BCUT2D eigenvalue weighted by Crippen LogP contribution is 2.28. The number of hydrogen-bond acceptors (Lipinski definition) is 4. The molecule has 1 N–H and O–H groups in total. The van der Waals surface area contributed by atoms with Gasteiger partial charge in [-0.2, -0.15) is 0 Å². The Balaban J connectivity index is 1.75. The molecule has 1 aromatic rings.